The summed E-state index contributed by atoms with van der Waals surface area (Å²) >= 11 is 1.20. The fourth-order valence-corrected chi connectivity index (χ4v) is 3.50. The normalized spacial score (nSPS) is 10.6. The van der Waals surface area contributed by atoms with E-state index in [0.29, 0.717) is 19.1 Å². The van der Waals surface area contributed by atoms with E-state index in [-0.39, 0.29) is 24.0 Å². The van der Waals surface area contributed by atoms with Gasteiger partial charge >= 0.3 is 0 Å². The Kier molecular flexibility index (Phi) is 13.6. The van der Waals surface area contributed by atoms with Crippen molar-refractivity contribution in [3.8, 4) is 17.1 Å². The van der Waals surface area contributed by atoms with E-state index in [1.165, 1.54) is 63.1 Å². The molecule has 0 unspecified atom stereocenters. The second-order valence-electron chi connectivity index (χ2n) is 6.78. The summed E-state index contributed by atoms with van der Waals surface area (Å²) in [5, 5.41) is 8.74. The van der Waals surface area contributed by atoms with Gasteiger partial charge in [0.15, 0.2) is 18.1 Å². The first-order chi connectivity index (χ1) is 12.8. The number of rotatable bonds is 14. The van der Waals surface area contributed by atoms with Crippen molar-refractivity contribution in [2.45, 2.75) is 64.2 Å². The van der Waals surface area contributed by atoms with Crippen LogP contribution in [0.5, 0.6) is 5.88 Å². The molecular weight excluding hydrogens is 473 g/mol. The maximum atomic E-state index is 8.74. The van der Waals surface area contributed by atoms with E-state index in [0.717, 1.165) is 24.1 Å². The van der Waals surface area contributed by atoms with Crippen LogP contribution >= 0.6 is 11.7 Å². The first-order valence-electron chi connectivity index (χ1n) is 9.83. The van der Waals surface area contributed by atoms with Gasteiger partial charge in [-0.2, -0.15) is 4.37 Å². The van der Waals surface area contributed by atoms with E-state index in [1.54, 1.807) is 0 Å². The largest absolute Gasteiger partial charge is 1.00 e. The minimum Gasteiger partial charge on any atom is -1.00 e. The lowest BCUT2D eigenvalue weighted by atomic mass is 10.1. The third-order valence-corrected chi connectivity index (χ3v) is 4.97. The number of halogens is 1. The van der Waals surface area contributed by atoms with Gasteiger partial charge in [0.05, 0.1) is 23.9 Å². The molecular formula is C20H32IN3O2S. The molecule has 1 N–H and O–H groups in total. The molecule has 2 heterocycles. The second-order valence-corrected chi connectivity index (χ2v) is 7.31. The Morgan fingerprint density at radius 1 is 0.963 bits per heavy atom. The van der Waals surface area contributed by atoms with E-state index in [9.17, 15) is 0 Å². The van der Waals surface area contributed by atoms with E-state index < -0.39 is 0 Å². The highest BCUT2D eigenvalue weighted by Gasteiger charge is 2.14. The lowest BCUT2D eigenvalue weighted by Gasteiger charge is -2.05. The van der Waals surface area contributed by atoms with Gasteiger partial charge in [-0.1, -0.05) is 51.4 Å². The minimum absolute atomic E-state index is 0. The molecule has 0 aliphatic carbocycles. The molecule has 27 heavy (non-hydrogen) atoms. The molecule has 0 radical (unpaired) electrons. The summed E-state index contributed by atoms with van der Waals surface area (Å²) in [6.07, 6.45) is 16.2. The topological polar surface area (TPSA) is 59.1 Å². The van der Waals surface area contributed by atoms with Crippen molar-refractivity contribution in [3.05, 3.63) is 24.5 Å². The van der Waals surface area contributed by atoms with Crippen molar-refractivity contribution in [2.75, 3.05) is 13.2 Å². The smallest absolute Gasteiger partial charge is 0.254 e. The van der Waals surface area contributed by atoms with Crippen molar-refractivity contribution in [1.82, 2.24) is 8.75 Å². The lowest BCUT2D eigenvalue weighted by molar-refractivity contribution is -0.671. The summed E-state index contributed by atoms with van der Waals surface area (Å²) < 4.78 is 16.5. The fourth-order valence-electron chi connectivity index (χ4n) is 2.98. The number of unbranched alkanes of at least 4 members (excludes halogenated alkanes) is 9. The molecule has 0 aromatic carbocycles. The van der Waals surface area contributed by atoms with Crippen LogP contribution in [-0.4, -0.2) is 27.1 Å². The highest BCUT2D eigenvalue weighted by molar-refractivity contribution is 6.99. The Hall–Kier alpha value is -0.800. The van der Waals surface area contributed by atoms with Gasteiger partial charge in [0, 0.05) is 12.7 Å². The van der Waals surface area contributed by atoms with Gasteiger partial charge in [-0.25, -0.2) is 4.57 Å². The molecule has 2 aromatic heterocycles. The van der Waals surface area contributed by atoms with Gasteiger partial charge in [-0.05, 0) is 18.9 Å². The highest BCUT2D eigenvalue weighted by Crippen LogP contribution is 2.26. The third-order valence-electron chi connectivity index (χ3n) is 4.46. The van der Waals surface area contributed by atoms with E-state index in [1.807, 2.05) is 36.1 Å². The van der Waals surface area contributed by atoms with Gasteiger partial charge in [0.2, 0.25) is 0 Å². The predicted molar refractivity (Wildman–Crippen MR) is 105 cm³/mol. The zero-order valence-corrected chi connectivity index (χ0v) is 19.3. The minimum atomic E-state index is 0. The average Bonchev–Trinajstić information content (AvgIpc) is 3.11. The van der Waals surface area contributed by atoms with Crippen molar-refractivity contribution in [2.24, 2.45) is 7.05 Å². The maximum absolute atomic E-state index is 8.74. The number of ether oxygens (including phenoxy) is 1. The van der Waals surface area contributed by atoms with Crippen LogP contribution in [0, 0.1) is 0 Å². The van der Waals surface area contributed by atoms with Gasteiger partial charge < -0.3 is 33.8 Å². The van der Waals surface area contributed by atoms with Crippen molar-refractivity contribution >= 4 is 11.7 Å². The van der Waals surface area contributed by atoms with Crippen molar-refractivity contribution in [3.63, 3.8) is 0 Å². The first kappa shape index (κ1) is 24.2. The summed E-state index contributed by atoms with van der Waals surface area (Å²) in [5.74, 6) is 0.657. The predicted octanol–water partition coefficient (Wildman–Crippen LogP) is 1.31. The Balaban J connectivity index is 0.00000364. The van der Waals surface area contributed by atoms with Crippen molar-refractivity contribution in [1.29, 1.82) is 0 Å². The standard InChI is InChI=1S/C20H32N3O2S.HI/c1-23-14-12-13-18(17-23)19-20(22-26-21-19)25-16-11-9-7-5-3-2-4-6-8-10-15-24;/h12-14,17,24H,2-11,15-16H2,1H3;1H/q+1;/p-1. The van der Waals surface area contributed by atoms with Crippen LogP contribution in [-0.2, 0) is 7.05 Å². The number of hydrogen-bond acceptors (Lipinski definition) is 5. The van der Waals surface area contributed by atoms with Crippen LogP contribution < -0.4 is 33.3 Å². The Labute approximate surface area is 184 Å². The number of hydrogen-bond donors (Lipinski definition) is 1. The molecule has 0 fully saturated rings. The quantitative estimate of drug-likeness (QED) is 0.239. The van der Waals surface area contributed by atoms with E-state index in [4.69, 9.17) is 9.84 Å². The Bertz CT molecular complexity index is 625. The van der Waals surface area contributed by atoms with Crippen LogP contribution in [0.1, 0.15) is 64.2 Å². The molecule has 0 saturated heterocycles. The number of aliphatic hydroxyl groups excluding tert-OH is 1. The molecule has 0 aliphatic heterocycles. The Morgan fingerprint density at radius 3 is 2.22 bits per heavy atom. The molecule has 0 spiro atoms. The summed E-state index contributed by atoms with van der Waals surface area (Å²) in [7, 11) is 2.00. The van der Waals surface area contributed by atoms with Gasteiger partial charge in [-0.3, -0.25) is 0 Å². The molecule has 2 rings (SSSR count). The maximum Gasteiger partial charge on any atom is 0.254 e. The number of pyridine rings is 1. The molecule has 7 heteroatoms. The number of aliphatic hydroxyl groups is 1. The van der Waals surface area contributed by atoms with E-state index in [2.05, 4.69) is 8.75 Å². The summed E-state index contributed by atoms with van der Waals surface area (Å²) in [4.78, 5) is 0. The Morgan fingerprint density at radius 2 is 1.59 bits per heavy atom. The monoisotopic (exact) mass is 505 g/mol. The fraction of sp³-hybridized carbons (Fsp3) is 0.650. The van der Waals surface area contributed by atoms with Crippen LogP contribution in [0.4, 0.5) is 0 Å². The molecule has 5 nitrogen and oxygen atoms in total. The third kappa shape index (κ3) is 9.80. The molecule has 2 aromatic rings. The molecule has 0 amide bonds. The highest BCUT2D eigenvalue weighted by atomic mass is 127. The molecule has 0 saturated carbocycles. The van der Waals surface area contributed by atoms with Crippen LogP contribution in [0.2, 0.25) is 0 Å². The number of aromatic nitrogens is 3. The summed E-state index contributed by atoms with van der Waals surface area (Å²) in [6.45, 7) is 1.04. The van der Waals surface area contributed by atoms with Crippen LogP contribution in [0.25, 0.3) is 11.3 Å². The zero-order valence-electron chi connectivity index (χ0n) is 16.3. The lowest BCUT2D eigenvalue weighted by Crippen LogP contribution is -3.00. The molecule has 0 aliphatic rings. The average molecular weight is 505 g/mol. The van der Waals surface area contributed by atoms with E-state index >= 15 is 0 Å². The number of nitrogens with zero attached hydrogens (tertiary/aromatic N) is 3. The van der Waals surface area contributed by atoms with Gasteiger partial charge in [0.25, 0.3) is 5.88 Å². The SMILES string of the molecule is C[n+]1cccc(-c2nsnc2OCCCCCCCCCCCCO)c1.[I-]. The summed E-state index contributed by atoms with van der Waals surface area (Å²) in [5.41, 5.74) is 1.88. The molecule has 0 atom stereocenters. The van der Waals surface area contributed by atoms with Crippen LogP contribution in [0.3, 0.4) is 0 Å². The zero-order chi connectivity index (χ0) is 18.5. The van der Waals surface area contributed by atoms with Gasteiger partial charge in [-0.15, -0.1) is 4.37 Å². The number of aryl methyl sites for hydroxylation is 1. The summed E-state index contributed by atoms with van der Waals surface area (Å²) in [6, 6.07) is 4.04. The molecule has 152 valence electrons. The van der Waals surface area contributed by atoms with Crippen LogP contribution in [0.15, 0.2) is 24.5 Å². The second kappa shape index (κ2) is 15.2. The van der Waals surface area contributed by atoms with Crippen molar-refractivity contribution < 1.29 is 38.4 Å². The molecule has 0 bridgehead atoms. The van der Waals surface area contributed by atoms with Gasteiger partial charge in [0.1, 0.15) is 7.05 Å². The first-order valence-corrected chi connectivity index (χ1v) is 10.6.